The number of carbonyl (C=O) groups excluding carboxylic acids is 1. The lowest BCUT2D eigenvalue weighted by Crippen LogP contribution is -2.13. The Kier molecular flexibility index (Phi) is 5.53. The molecule has 0 aliphatic rings. The van der Waals surface area contributed by atoms with Crippen LogP contribution in [0.25, 0.3) is 11.3 Å². The molecule has 0 bridgehead atoms. The Balaban J connectivity index is 1.81. The molecule has 3 aromatic rings. The van der Waals surface area contributed by atoms with Crippen molar-refractivity contribution in [3.05, 3.63) is 60.3 Å². The van der Waals surface area contributed by atoms with Crippen LogP contribution in [-0.4, -0.2) is 24.3 Å². The molecule has 1 aromatic heterocycles. The molecule has 134 valence electrons. The van der Waals surface area contributed by atoms with E-state index in [1.54, 1.807) is 24.3 Å². The van der Waals surface area contributed by atoms with E-state index in [4.69, 9.17) is 14.0 Å². The molecule has 1 heterocycles. The molecule has 0 aliphatic heterocycles. The molecule has 0 saturated carbocycles. The third-order valence-electron chi connectivity index (χ3n) is 3.61. The van der Waals surface area contributed by atoms with Crippen LogP contribution in [0.2, 0.25) is 0 Å². The number of rotatable bonds is 7. The molecular weight excluding hydrogens is 332 g/mol. The summed E-state index contributed by atoms with van der Waals surface area (Å²) in [6.07, 6.45) is 0. The second-order valence-corrected chi connectivity index (χ2v) is 5.42. The Morgan fingerprint density at radius 2 is 1.81 bits per heavy atom. The molecule has 3 rings (SSSR count). The van der Waals surface area contributed by atoms with Crippen LogP contribution in [0.3, 0.4) is 0 Å². The van der Waals surface area contributed by atoms with E-state index in [2.05, 4.69) is 10.5 Å². The molecule has 1 N–H and O–H groups in total. The minimum atomic E-state index is -0.384. The highest BCUT2D eigenvalue weighted by Crippen LogP contribution is 2.30. The molecule has 6 nitrogen and oxygen atoms in total. The summed E-state index contributed by atoms with van der Waals surface area (Å²) < 4.78 is 16.3. The first-order chi connectivity index (χ1) is 12.7. The topological polar surface area (TPSA) is 73.6 Å². The van der Waals surface area contributed by atoms with Crippen molar-refractivity contribution in [1.82, 2.24) is 5.16 Å². The number of aromatic nitrogens is 1. The summed E-state index contributed by atoms with van der Waals surface area (Å²) >= 11 is 0. The van der Waals surface area contributed by atoms with Crippen molar-refractivity contribution in [3.63, 3.8) is 0 Å². The Morgan fingerprint density at radius 3 is 2.54 bits per heavy atom. The maximum absolute atomic E-state index is 12.6. The van der Waals surface area contributed by atoms with Crippen molar-refractivity contribution >= 4 is 11.6 Å². The third-order valence-corrected chi connectivity index (χ3v) is 3.61. The molecule has 6 heteroatoms. The Bertz CT molecular complexity index is 875. The van der Waals surface area contributed by atoms with Gasteiger partial charge in [-0.15, -0.1) is 0 Å². The summed E-state index contributed by atoms with van der Waals surface area (Å²) in [5.74, 6) is 1.36. The predicted octanol–water partition coefficient (Wildman–Crippen LogP) is 4.39. The van der Waals surface area contributed by atoms with Crippen molar-refractivity contribution in [3.8, 4) is 22.8 Å². The summed E-state index contributed by atoms with van der Waals surface area (Å²) in [6.45, 7) is 4.80. The van der Waals surface area contributed by atoms with Gasteiger partial charge in [0.05, 0.1) is 18.9 Å². The maximum Gasteiger partial charge on any atom is 0.277 e. The number of ether oxygens (including phenoxy) is 2. The molecule has 1 amide bonds. The van der Waals surface area contributed by atoms with Crippen LogP contribution >= 0.6 is 0 Å². The fourth-order valence-electron chi connectivity index (χ4n) is 2.45. The molecule has 0 atom stereocenters. The largest absolute Gasteiger partial charge is 0.494 e. The SMILES string of the molecule is CCOc1ccc(OCC)c(NC(=O)c2cc(-c3ccccc3)on2)c1. The van der Waals surface area contributed by atoms with Crippen molar-refractivity contribution < 1.29 is 18.8 Å². The van der Waals surface area contributed by atoms with E-state index in [1.165, 1.54) is 0 Å². The molecule has 2 aromatic carbocycles. The Morgan fingerprint density at radius 1 is 1.04 bits per heavy atom. The first-order valence-electron chi connectivity index (χ1n) is 8.44. The average Bonchev–Trinajstić information content (AvgIpc) is 3.15. The zero-order chi connectivity index (χ0) is 18.4. The van der Waals surface area contributed by atoms with Gasteiger partial charge in [0, 0.05) is 17.7 Å². The second-order valence-electron chi connectivity index (χ2n) is 5.42. The van der Waals surface area contributed by atoms with E-state index in [0.29, 0.717) is 36.2 Å². The maximum atomic E-state index is 12.6. The highest BCUT2D eigenvalue weighted by molar-refractivity contribution is 6.04. The van der Waals surface area contributed by atoms with E-state index >= 15 is 0 Å². The Labute approximate surface area is 151 Å². The summed E-state index contributed by atoms with van der Waals surface area (Å²) in [7, 11) is 0. The van der Waals surface area contributed by atoms with Crippen molar-refractivity contribution in [2.45, 2.75) is 13.8 Å². The summed E-state index contributed by atoms with van der Waals surface area (Å²) in [5, 5.41) is 6.67. The smallest absolute Gasteiger partial charge is 0.277 e. The molecular formula is C20H20N2O4. The number of benzene rings is 2. The lowest BCUT2D eigenvalue weighted by Gasteiger charge is -2.12. The molecule has 0 aliphatic carbocycles. The van der Waals surface area contributed by atoms with E-state index in [-0.39, 0.29) is 11.6 Å². The van der Waals surface area contributed by atoms with Crippen LogP contribution in [0.1, 0.15) is 24.3 Å². The van der Waals surface area contributed by atoms with Crippen LogP contribution in [0, 0.1) is 0 Å². The van der Waals surface area contributed by atoms with Crippen LogP contribution in [0.5, 0.6) is 11.5 Å². The molecule has 0 fully saturated rings. The second kappa shape index (κ2) is 8.20. The first kappa shape index (κ1) is 17.5. The average molecular weight is 352 g/mol. The van der Waals surface area contributed by atoms with E-state index < -0.39 is 0 Å². The van der Waals surface area contributed by atoms with Gasteiger partial charge in [0.1, 0.15) is 11.5 Å². The molecule has 0 spiro atoms. The fourth-order valence-corrected chi connectivity index (χ4v) is 2.45. The number of nitrogens with one attached hydrogen (secondary N) is 1. The number of nitrogens with zero attached hydrogens (tertiary/aromatic N) is 1. The number of anilines is 1. The Hall–Kier alpha value is -3.28. The lowest BCUT2D eigenvalue weighted by atomic mass is 10.1. The first-order valence-corrected chi connectivity index (χ1v) is 8.44. The van der Waals surface area contributed by atoms with Crippen molar-refractivity contribution in [1.29, 1.82) is 0 Å². The molecule has 0 unspecified atom stereocenters. The van der Waals surface area contributed by atoms with Gasteiger partial charge in [-0.25, -0.2) is 0 Å². The van der Waals surface area contributed by atoms with Gasteiger partial charge in [-0.05, 0) is 26.0 Å². The quantitative estimate of drug-likeness (QED) is 0.682. The summed E-state index contributed by atoms with van der Waals surface area (Å²) in [4.78, 5) is 12.6. The monoisotopic (exact) mass is 352 g/mol. The number of hydrogen-bond acceptors (Lipinski definition) is 5. The van der Waals surface area contributed by atoms with E-state index in [1.807, 2.05) is 44.2 Å². The minimum Gasteiger partial charge on any atom is -0.494 e. The predicted molar refractivity (Wildman–Crippen MR) is 98.7 cm³/mol. The van der Waals surface area contributed by atoms with Gasteiger partial charge in [0.15, 0.2) is 11.5 Å². The van der Waals surface area contributed by atoms with Crippen molar-refractivity contribution in [2.24, 2.45) is 0 Å². The van der Waals surface area contributed by atoms with Crippen molar-refractivity contribution in [2.75, 3.05) is 18.5 Å². The lowest BCUT2D eigenvalue weighted by molar-refractivity contribution is 0.101. The van der Waals surface area contributed by atoms with Gasteiger partial charge >= 0.3 is 0 Å². The van der Waals surface area contributed by atoms with Gasteiger partial charge in [-0.3, -0.25) is 4.79 Å². The normalized spacial score (nSPS) is 10.4. The standard InChI is InChI=1S/C20H20N2O4/c1-3-24-15-10-11-18(25-4-2)16(12-15)21-20(23)17-13-19(26-22-17)14-8-6-5-7-9-14/h5-13H,3-4H2,1-2H3,(H,21,23). The van der Waals surface area contributed by atoms with Crippen LogP contribution in [-0.2, 0) is 0 Å². The van der Waals surface area contributed by atoms with Crippen LogP contribution in [0.15, 0.2) is 59.1 Å². The summed E-state index contributed by atoms with van der Waals surface area (Å²) in [6, 6.07) is 16.4. The highest BCUT2D eigenvalue weighted by atomic mass is 16.5. The number of carbonyl (C=O) groups is 1. The highest BCUT2D eigenvalue weighted by Gasteiger charge is 2.16. The van der Waals surface area contributed by atoms with Gasteiger partial charge in [0.25, 0.3) is 5.91 Å². The van der Waals surface area contributed by atoms with Gasteiger partial charge in [0.2, 0.25) is 0 Å². The molecule has 0 radical (unpaired) electrons. The zero-order valence-corrected chi connectivity index (χ0v) is 14.7. The molecule has 0 saturated heterocycles. The minimum absolute atomic E-state index is 0.188. The van der Waals surface area contributed by atoms with Crippen LogP contribution < -0.4 is 14.8 Å². The van der Waals surface area contributed by atoms with Gasteiger partial charge in [-0.1, -0.05) is 35.5 Å². The summed E-state index contributed by atoms with van der Waals surface area (Å²) in [5.41, 5.74) is 1.56. The van der Waals surface area contributed by atoms with E-state index in [0.717, 1.165) is 5.56 Å². The zero-order valence-electron chi connectivity index (χ0n) is 14.7. The molecule has 26 heavy (non-hydrogen) atoms. The number of hydrogen-bond donors (Lipinski definition) is 1. The van der Waals surface area contributed by atoms with Gasteiger partial charge < -0.3 is 19.3 Å². The van der Waals surface area contributed by atoms with E-state index in [9.17, 15) is 4.79 Å². The van der Waals surface area contributed by atoms with Gasteiger partial charge in [-0.2, -0.15) is 0 Å². The number of amides is 1. The fraction of sp³-hybridized carbons (Fsp3) is 0.200. The van der Waals surface area contributed by atoms with Crippen LogP contribution in [0.4, 0.5) is 5.69 Å². The third kappa shape index (κ3) is 4.03.